The number of carbonyl (C=O) groups is 2. The summed E-state index contributed by atoms with van der Waals surface area (Å²) >= 11 is 1.47. The van der Waals surface area contributed by atoms with E-state index in [-0.39, 0.29) is 17.8 Å². The van der Waals surface area contributed by atoms with E-state index in [2.05, 4.69) is 9.88 Å². The lowest BCUT2D eigenvalue weighted by atomic mass is 9.97. The van der Waals surface area contributed by atoms with Gasteiger partial charge in [-0.15, -0.1) is 11.3 Å². The zero-order chi connectivity index (χ0) is 18.5. The van der Waals surface area contributed by atoms with Gasteiger partial charge in [0.1, 0.15) is 0 Å². The number of anilines is 2. The van der Waals surface area contributed by atoms with Gasteiger partial charge in [-0.3, -0.25) is 19.4 Å². The maximum absolute atomic E-state index is 12.1. The fourth-order valence-corrected chi connectivity index (χ4v) is 4.08. The van der Waals surface area contributed by atoms with Crippen molar-refractivity contribution in [1.29, 1.82) is 0 Å². The van der Waals surface area contributed by atoms with Gasteiger partial charge in [0.25, 0.3) is 0 Å². The molecule has 3 rings (SSSR count). The standard InChI is InChI=1S/C19H23N3O3S/c1-14(23)22(17-6-4-3-5-7-17)19-20-16(13-26-19)12-21-10-8-15(9-11-21)18(24)25-2/h3-7,13,15H,8-12H2,1-2H3. The predicted molar refractivity (Wildman–Crippen MR) is 101 cm³/mol. The minimum Gasteiger partial charge on any atom is -0.469 e. The van der Waals surface area contributed by atoms with Crippen molar-refractivity contribution < 1.29 is 14.3 Å². The SMILES string of the molecule is COC(=O)C1CCN(Cc2csc(N(C(C)=O)c3ccccc3)n2)CC1. The highest BCUT2D eigenvalue weighted by molar-refractivity contribution is 7.14. The Morgan fingerprint density at radius 3 is 2.58 bits per heavy atom. The van der Waals surface area contributed by atoms with Crippen molar-refractivity contribution in [3.63, 3.8) is 0 Å². The number of benzene rings is 1. The summed E-state index contributed by atoms with van der Waals surface area (Å²) in [7, 11) is 1.44. The number of hydrogen-bond acceptors (Lipinski definition) is 6. The van der Waals surface area contributed by atoms with Crippen molar-refractivity contribution in [2.45, 2.75) is 26.3 Å². The molecule has 138 valence electrons. The van der Waals surface area contributed by atoms with Crippen LogP contribution >= 0.6 is 11.3 Å². The number of nitrogens with zero attached hydrogens (tertiary/aromatic N) is 3. The average Bonchev–Trinajstić information content (AvgIpc) is 3.10. The molecule has 1 saturated heterocycles. The van der Waals surface area contributed by atoms with Crippen LogP contribution in [0.4, 0.5) is 10.8 Å². The van der Waals surface area contributed by atoms with Gasteiger partial charge in [-0.05, 0) is 38.1 Å². The van der Waals surface area contributed by atoms with Gasteiger partial charge in [-0.25, -0.2) is 4.98 Å². The van der Waals surface area contributed by atoms with Gasteiger partial charge in [-0.2, -0.15) is 0 Å². The molecule has 1 fully saturated rings. The van der Waals surface area contributed by atoms with E-state index in [1.165, 1.54) is 18.4 Å². The van der Waals surface area contributed by atoms with Crippen molar-refractivity contribution in [2.24, 2.45) is 5.92 Å². The lowest BCUT2D eigenvalue weighted by molar-refractivity contribution is -0.147. The number of methoxy groups -OCH3 is 1. The van der Waals surface area contributed by atoms with Crippen LogP contribution in [-0.4, -0.2) is 42.0 Å². The molecule has 0 radical (unpaired) electrons. The lowest BCUT2D eigenvalue weighted by Gasteiger charge is -2.29. The first-order chi connectivity index (χ1) is 12.6. The number of para-hydroxylation sites is 1. The van der Waals surface area contributed by atoms with E-state index in [4.69, 9.17) is 4.74 Å². The molecule has 0 atom stereocenters. The topological polar surface area (TPSA) is 62.7 Å². The summed E-state index contributed by atoms with van der Waals surface area (Å²) in [5.74, 6) is -0.162. The average molecular weight is 373 g/mol. The zero-order valence-electron chi connectivity index (χ0n) is 15.1. The maximum Gasteiger partial charge on any atom is 0.308 e. The highest BCUT2D eigenvalue weighted by Gasteiger charge is 2.26. The van der Waals surface area contributed by atoms with Crippen molar-refractivity contribution >= 4 is 34.0 Å². The molecular formula is C19H23N3O3S. The highest BCUT2D eigenvalue weighted by atomic mass is 32.1. The first-order valence-corrected chi connectivity index (χ1v) is 9.56. The van der Waals surface area contributed by atoms with Gasteiger partial charge < -0.3 is 4.74 Å². The minimum absolute atomic E-state index is 0.00790. The molecule has 0 saturated carbocycles. The number of aromatic nitrogens is 1. The number of hydrogen-bond donors (Lipinski definition) is 0. The van der Waals surface area contributed by atoms with Crippen molar-refractivity contribution in [1.82, 2.24) is 9.88 Å². The van der Waals surface area contributed by atoms with Crippen LogP contribution in [0.2, 0.25) is 0 Å². The Labute approximate surface area is 157 Å². The molecule has 2 aromatic rings. The summed E-state index contributed by atoms with van der Waals surface area (Å²) in [6.07, 6.45) is 1.63. The van der Waals surface area contributed by atoms with E-state index in [1.807, 2.05) is 35.7 Å². The molecule has 0 bridgehead atoms. The number of esters is 1. The van der Waals surface area contributed by atoms with Crippen molar-refractivity contribution in [2.75, 3.05) is 25.1 Å². The van der Waals surface area contributed by atoms with Crippen molar-refractivity contribution in [3.8, 4) is 0 Å². The van der Waals surface area contributed by atoms with Gasteiger partial charge in [0.2, 0.25) is 5.91 Å². The first kappa shape index (κ1) is 18.5. The maximum atomic E-state index is 12.1. The summed E-state index contributed by atoms with van der Waals surface area (Å²) in [5, 5.41) is 2.68. The van der Waals surface area contributed by atoms with Gasteiger partial charge in [-0.1, -0.05) is 18.2 Å². The molecule has 1 aliphatic heterocycles. The smallest absolute Gasteiger partial charge is 0.308 e. The summed E-state index contributed by atoms with van der Waals surface area (Å²) in [5.41, 5.74) is 1.77. The Kier molecular flexibility index (Phi) is 6.00. The number of amides is 1. The molecule has 1 aromatic heterocycles. The summed E-state index contributed by atoms with van der Waals surface area (Å²) in [6.45, 7) is 3.97. The summed E-state index contributed by atoms with van der Waals surface area (Å²) in [4.78, 5) is 32.3. The zero-order valence-corrected chi connectivity index (χ0v) is 15.9. The van der Waals surface area contributed by atoms with Crippen LogP contribution in [-0.2, 0) is 20.9 Å². The van der Waals surface area contributed by atoms with Gasteiger partial charge in [0, 0.05) is 18.8 Å². The van der Waals surface area contributed by atoms with Gasteiger partial charge in [0.05, 0.1) is 24.4 Å². The Balaban J connectivity index is 1.65. The van der Waals surface area contributed by atoms with Crippen molar-refractivity contribution in [3.05, 3.63) is 41.4 Å². The number of rotatable bonds is 5. The number of likely N-dealkylation sites (tertiary alicyclic amines) is 1. The summed E-state index contributed by atoms with van der Waals surface area (Å²) in [6, 6.07) is 9.55. The van der Waals surface area contributed by atoms with Gasteiger partial charge >= 0.3 is 5.97 Å². The molecule has 6 nitrogen and oxygen atoms in total. The van der Waals surface area contributed by atoms with Crippen LogP contribution in [0, 0.1) is 5.92 Å². The Morgan fingerprint density at radius 1 is 1.27 bits per heavy atom. The normalized spacial score (nSPS) is 15.6. The summed E-state index contributed by atoms with van der Waals surface area (Å²) < 4.78 is 4.83. The number of thiazole rings is 1. The Hall–Kier alpha value is -2.25. The minimum atomic E-state index is -0.111. The van der Waals surface area contributed by atoms with Gasteiger partial charge in [0.15, 0.2) is 5.13 Å². The molecule has 26 heavy (non-hydrogen) atoms. The van der Waals surface area contributed by atoms with Crippen LogP contribution in [0.15, 0.2) is 35.7 Å². The largest absolute Gasteiger partial charge is 0.469 e. The molecule has 1 amide bonds. The van der Waals surface area contributed by atoms with Crippen LogP contribution < -0.4 is 4.90 Å². The number of carbonyl (C=O) groups excluding carboxylic acids is 2. The van der Waals surface area contributed by atoms with E-state index in [1.54, 1.807) is 11.8 Å². The third kappa shape index (κ3) is 4.28. The predicted octanol–water partition coefficient (Wildman–Crippen LogP) is 3.21. The monoisotopic (exact) mass is 373 g/mol. The molecule has 1 aromatic carbocycles. The van der Waals surface area contributed by atoms with E-state index in [0.717, 1.165) is 43.9 Å². The molecule has 7 heteroatoms. The number of ether oxygens (including phenoxy) is 1. The fourth-order valence-electron chi connectivity index (χ4n) is 3.20. The van der Waals surface area contributed by atoms with E-state index in [9.17, 15) is 9.59 Å². The molecular weight excluding hydrogens is 350 g/mol. The van der Waals surface area contributed by atoms with E-state index in [0.29, 0.717) is 5.13 Å². The van der Waals surface area contributed by atoms with Crippen LogP contribution in [0.1, 0.15) is 25.5 Å². The van der Waals surface area contributed by atoms with E-state index < -0.39 is 0 Å². The second kappa shape index (κ2) is 8.42. The molecule has 1 aliphatic rings. The van der Waals surface area contributed by atoms with Crippen LogP contribution in [0.3, 0.4) is 0 Å². The highest BCUT2D eigenvalue weighted by Crippen LogP contribution is 2.29. The molecule has 0 unspecified atom stereocenters. The molecule has 2 heterocycles. The van der Waals surface area contributed by atoms with Crippen LogP contribution in [0.5, 0.6) is 0 Å². The fraction of sp³-hybridized carbons (Fsp3) is 0.421. The van der Waals surface area contributed by atoms with Crippen LogP contribution in [0.25, 0.3) is 0 Å². The second-order valence-corrected chi connectivity index (χ2v) is 7.22. The molecule has 0 N–H and O–H groups in total. The third-order valence-electron chi connectivity index (χ3n) is 4.57. The third-order valence-corrected chi connectivity index (χ3v) is 5.44. The Morgan fingerprint density at radius 2 is 1.96 bits per heavy atom. The Bertz CT molecular complexity index is 754. The van der Waals surface area contributed by atoms with E-state index >= 15 is 0 Å². The second-order valence-electron chi connectivity index (χ2n) is 6.38. The molecule has 0 aliphatic carbocycles. The molecule has 0 spiro atoms. The quantitative estimate of drug-likeness (QED) is 0.753. The first-order valence-electron chi connectivity index (χ1n) is 8.69. The lowest BCUT2D eigenvalue weighted by Crippen LogP contribution is -2.36. The number of piperidine rings is 1.